The molecule has 0 aromatic heterocycles. The van der Waals surface area contributed by atoms with Gasteiger partial charge in [-0.05, 0) is 112 Å². The second-order valence-corrected chi connectivity index (χ2v) is 12.7. The molecule has 0 amide bonds. The zero-order valence-corrected chi connectivity index (χ0v) is 26.5. The third kappa shape index (κ3) is 4.50. The number of aryl methyl sites for hydroxylation is 2. The summed E-state index contributed by atoms with van der Waals surface area (Å²) >= 11 is 0. The first-order valence-electron chi connectivity index (χ1n) is 16.8. The summed E-state index contributed by atoms with van der Waals surface area (Å²) in [4.78, 5) is 4.76. The van der Waals surface area contributed by atoms with Crippen LogP contribution in [0, 0.1) is 13.8 Å². The second kappa shape index (κ2) is 10.9. The standard InChI is InChI=1S/C44H33BN2/c1-30-11-9-16-37(27-30)47-42-18-10-17-41-44(42)45(38-25-19-31(2)28-43(38)47)39-29-35(33-14-7-4-8-15-33)22-26-40(39)46(41)36-23-20-34(21-24-36)32-12-5-3-6-13-32/h3-29H,1-2H3/i10D. The fourth-order valence-corrected chi connectivity index (χ4v) is 7.54. The van der Waals surface area contributed by atoms with Gasteiger partial charge in [-0.1, -0.05) is 115 Å². The van der Waals surface area contributed by atoms with E-state index in [1.807, 2.05) is 0 Å². The first-order valence-corrected chi connectivity index (χ1v) is 16.3. The molecular weight excluding hydrogens is 567 g/mol. The molecule has 0 saturated heterocycles. The van der Waals surface area contributed by atoms with Gasteiger partial charge in [0.2, 0.25) is 0 Å². The predicted octanol–water partition coefficient (Wildman–Crippen LogP) is 9.72. The van der Waals surface area contributed by atoms with E-state index in [4.69, 9.17) is 1.37 Å². The van der Waals surface area contributed by atoms with Gasteiger partial charge in [-0.2, -0.15) is 0 Å². The molecule has 222 valence electrons. The quantitative estimate of drug-likeness (QED) is 0.185. The monoisotopic (exact) mass is 601 g/mol. The molecule has 2 nitrogen and oxygen atoms in total. The number of nitrogens with zero attached hydrogens (tertiary/aromatic N) is 2. The third-order valence-corrected chi connectivity index (χ3v) is 9.68. The van der Waals surface area contributed by atoms with Crippen molar-refractivity contribution in [2.24, 2.45) is 0 Å². The van der Waals surface area contributed by atoms with E-state index >= 15 is 0 Å². The molecule has 0 atom stereocenters. The molecule has 7 aromatic carbocycles. The number of benzene rings is 7. The summed E-state index contributed by atoms with van der Waals surface area (Å²) < 4.78 is 9.17. The number of fused-ring (bicyclic) bond motifs is 4. The Bertz CT molecular complexity index is 2330. The average molecular weight is 602 g/mol. The van der Waals surface area contributed by atoms with E-state index in [1.165, 1.54) is 55.5 Å². The maximum atomic E-state index is 9.17. The van der Waals surface area contributed by atoms with Gasteiger partial charge < -0.3 is 9.80 Å². The van der Waals surface area contributed by atoms with Crippen molar-refractivity contribution in [3.8, 4) is 22.3 Å². The van der Waals surface area contributed by atoms with E-state index in [1.54, 1.807) is 0 Å². The molecule has 0 saturated carbocycles. The van der Waals surface area contributed by atoms with Crippen molar-refractivity contribution in [1.29, 1.82) is 0 Å². The molecule has 3 heteroatoms. The van der Waals surface area contributed by atoms with Crippen LogP contribution in [0.25, 0.3) is 22.3 Å². The van der Waals surface area contributed by atoms with E-state index in [0.29, 0.717) is 6.04 Å². The SMILES string of the molecule is [2H]c1cc2c3c(c1)N(c1cccc(C)c1)c1cc(C)ccc1B3c1cc(-c3ccccc3)ccc1N2c1ccc(-c2ccccc2)cc1. The summed E-state index contributed by atoms with van der Waals surface area (Å²) in [6.07, 6.45) is 0. The number of hydrogen-bond acceptors (Lipinski definition) is 2. The minimum Gasteiger partial charge on any atom is -0.311 e. The molecule has 0 radical (unpaired) electrons. The van der Waals surface area contributed by atoms with Crippen LogP contribution in [0.4, 0.5) is 34.1 Å². The van der Waals surface area contributed by atoms with E-state index in [0.717, 1.165) is 28.4 Å². The second-order valence-electron chi connectivity index (χ2n) is 12.7. The van der Waals surface area contributed by atoms with Gasteiger partial charge in [0.25, 0.3) is 6.71 Å². The zero-order chi connectivity index (χ0) is 32.4. The topological polar surface area (TPSA) is 6.48 Å². The van der Waals surface area contributed by atoms with E-state index in [2.05, 4.69) is 181 Å². The largest absolute Gasteiger partial charge is 0.311 e. The zero-order valence-electron chi connectivity index (χ0n) is 27.5. The van der Waals surface area contributed by atoms with Gasteiger partial charge in [0, 0.05) is 34.1 Å². The Morgan fingerprint density at radius 1 is 0.426 bits per heavy atom. The Morgan fingerprint density at radius 3 is 1.74 bits per heavy atom. The van der Waals surface area contributed by atoms with Crippen LogP contribution in [-0.2, 0) is 0 Å². The van der Waals surface area contributed by atoms with Gasteiger partial charge in [-0.25, -0.2) is 0 Å². The highest BCUT2D eigenvalue weighted by Crippen LogP contribution is 2.44. The van der Waals surface area contributed by atoms with Crippen molar-refractivity contribution in [2.45, 2.75) is 13.8 Å². The lowest BCUT2D eigenvalue weighted by molar-refractivity contribution is 1.24. The lowest BCUT2D eigenvalue weighted by atomic mass is 9.33. The number of anilines is 6. The summed E-state index contributed by atoms with van der Waals surface area (Å²) in [6.45, 7) is 4.32. The Balaban J connectivity index is 1.33. The first-order chi connectivity index (χ1) is 23.5. The first kappa shape index (κ1) is 26.4. The van der Waals surface area contributed by atoms with E-state index < -0.39 is 0 Å². The molecular formula is C44H33BN2. The smallest absolute Gasteiger partial charge is 0.252 e. The molecule has 2 aliphatic rings. The minimum atomic E-state index is 0.00534. The molecule has 9 rings (SSSR count). The van der Waals surface area contributed by atoms with E-state index in [9.17, 15) is 0 Å². The number of hydrogen-bond donors (Lipinski definition) is 0. The highest BCUT2D eigenvalue weighted by atomic mass is 15.2. The van der Waals surface area contributed by atoms with Crippen molar-refractivity contribution in [1.82, 2.24) is 0 Å². The number of rotatable bonds is 4. The van der Waals surface area contributed by atoms with Crippen LogP contribution in [0.3, 0.4) is 0 Å². The molecule has 0 bridgehead atoms. The third-order valence-electron chi connectivity index (χ3n) is 9.68. The molecule has 2 aliphatic heterocycles. The van der Waals surface area contributed by atoms with Gasteiger partial charge in [0.1, 0.15) is 0 Å². The van der Waals surface area contributed by atoms with E-state index in [-0.39, 0.29) is 6.71 Å². The van der Waals surface area contributed by atoms with Gasteiger partial charge in [0.05, 0.1) is 1.37 Å². The lowest BCUT2D eigenvalue weighted by Gasteiger charge is -2.44. The van der Waals surface area contributed by atoms with Crippen LogP contribution < -0.4 is 26.2 Å². The van der Waals surface area contributed by atoms with Gasteiger partial charge in [-0.3, -0.25) is 0 Å². The molecule has 0 N–H and O–H groups in total. The maximum Gasteiger partial charge on any atom is 0.252 e. The molecule has 0 fully saturated rings. The fourth-order valence-electron chi connectivity index (χ4n) is 7.54. The highest BCUT2D eigenvalue weighted by molar-refractivity contribution is 7.00. The van der Waals surface area contributed by atoms with Crippen molar-refractivity contribution in [3.63, 3.8) is 0 Å². The van der Waals surface area contributed by atoms with Gasteiger partial charge in [0.15, 0.2) is 0 Å². The van der Waals surface area contributed by atoms with Crippen LogP contribution >= 0.6 is 0 Å². The molecule has 0 unspecified atom stereocenters. The van der Waals surface area contributed by atoms with Crippen molar-refractivity contribution < 1.29 is 1.37 Å². The summed E-state index contributed by atoms with van der Waals surface area (Å²) in [7, 11) is 0. The normalized spacial score (nSPS) is 13.1. The molecule has 0 aliphatic carbocycles. The van der Waals surface area contributed by atoms with Crippen LogP contribution in [0.15, 0.2) is 164 Å². The minimum absolute atomic E-state index is 0.00534. The van der Waals surface area contributed by atoms with Gasteiger partial charge in [-0.15, -0.1) is 0 Å². The molecule has 0 spiro atoms. The predicted molar refractivity (Wildman–Crippen MR) is 201 cm³/mol. The van der Waals surface area contributed by atoms with Crippen LogP contribution in [-0.4, -0.2) is 6.71 Å². The summed E-state index contributed by atoms with van der Waals surface area (Å²) in [5.41, 5.74) is 17.6. The highest BCUT2D eigenvalue weighted by Gasteiger charge is 2.43. The molecule has 2 heterocycles. The summed E-state index contributed by atoms with van der Waals surface area (Å²) in [5.74, 6) is 0. The fraction of sp³-hybridized carbons (Fsp3) is 0.0455. The van der Waals surface area contributed by atoms with Crippen molar-refractivity contribution in [2.75, 3.05) is 9.80 Å². The van der Waals surface area contributed by atoms with Crippen LogP contribution in [0.1, 0.15) is 12.5 Å². The van der Waals surface area contributed by atoms with Crippen molar-refractivity contribution >= 4 is 57.2 Å². The molecule has 47 heavy (non-hydrogen) atoms. The maximum absolute atomic E-state index is 9.17. The molecule has 7 aromatic rings. The Labute approximate surface area is 278 Å². The Kier molecular flexibility index (Phi) is 6.14. The van der Waals surface area contributed by atoms with Gasteiger partial charge >= 0.3 is 0 Å². The Morgan fingerprint density at radius 2 is 1.04 bits per heavy atom. The van der Waals surface area contributed by atoms with Crippen LogP contribution in [0.2, 0.25) is 0 Å². The van der Waals surface area contributed by atoms with Crippen LogP contribution in [0.5, 0.6) is 0 Å². The average Bonchev–Trinajstić information content (AvgIpc) is 3.12. The summed E-state index contributed by atoms with van der Waals surface area (Å²) in [6, 6.07) is 57.2. The Hall–Kier alpha value is -5.80. The summed E-state index contributed by atoms with van der Waals surface area (Å²) in [5, 5.41) is 0. The lowest BCUT2D eigenvalue weighted by Crippen LogP contribution is -2.61. The van der Waals surface area contributed by atoms with Crippen molar-refractivity contribution in [3.05, 3.63) is 175 Å².